The number of nitrogens with zero attached hydrogens (tertiary/aromatic N) is 2. The minimum absolute atomic E-state index is 0.153. The van der Waals surface area contributed by atoms with Gasteiger partial charge in [-0.05, 0) is 28.1 Å². The number of ether oxygens (including phenoxy) is 1. The van der Waals surface area contributed by atoms with Gasteiger partial charge in [0.25, 0.3) is 5.91 Å². The Morgan fingerprint density at radius 1 is 1.36 bits per heavy atom. The Morgan fingerprint density at radius 3 is 2.91 bits per heavy atom. The number of morpholine rings is 1. The summed E-state index contributed by atoms with van der Waals surface area (Å²) in [7, 11) is 0. The van der Waals surface area contributed by atoms with Crippen molar-refractivity contribution in [2.75, 3.05) is 31.6 Å². The first-order valence-corrected chi connectivity index (χ1v) is 8.70. The van der Waals surface area contributed by atoms with Crippen molar-refractivity contribution in [2.24, 2.45) is 0 Å². The molecule has 1 fully saturated rings. The molecule has 1 aliphatic heterocycles. The average molecular weight is 382 g/mol. The van der Waals surface area contributed by atoms with Gasteiger partial charge >= 0.3 is 0 Å². The molecule has 2 aromatic rings. The lowest BCUT2D eigenvalue weighted by Gasteiger charge is -2.25. The second-order valence-corrected chi connectivity index (χ2v) is 6.68. The van der Waals surface area contributed by atoms with Gasteiger partial charge in [-0.1, -0.05) is 12.1 Å². The molecule has 1 aliphatic rings. The van der Waals surface area contributed by atoms with Crippen molar-refractivity contribution in [1.82, 2.24) is 9.88 Å². The van der Waals surface area contributed by atoms with E-state index in [2.05, 4.69) is 31.1 Å². The third-order valence-electron chi connectivity index (χ3n) is 3.38. The Bertz CT molecular complexity index is 656. The van der Waals surface area contributed by atoms with E-state index >= 15 is 0 Å². The van der Waals surface area contributed by atoms with Crippen LogP contribution >= 0.6 is 27.3 Å². The van der Waals surface area contributed by atoms with Crippen LogP contribution in [0.1, 0.15) is 16.1 Å². The largest absolute Gasteiger partial charge is 0.379 e. The normalized spacial score (nSPS) is 15.7. The van der Waals surface area contributed by atoms with Gasteiger partial charge < -0.3 is 4.74 Å². The molecule has 0 saturated carbocycles. The summed E-state index contributed by atoms with van der Waals surface area (Å²) < 4.78 is 6.11. The van der Waals surface area contributed by atoms with E-state index < -0.39 is 0 Å². The number of carbonyl (C=O) groups excluding carboxylic acids is 1. The predicted molar refractivity (Wildman–Crippen MR) is 90.3 cm³/mol. The smallest absolute Gasteiger partial charge is 0.258 e. The highest BCUT2D eigenvalue weighted by Gasteiger charge is 2.14. The van der Waals surface area contributed by atoms with Gasteiger partial charge in [-0.2, -0.15) is 0 Å². The van der Waals surface area contributed by atoms with Crippen molar-refractivity contribution >= 4 is 38.3 Å². The fourth-order valence-electron chi connectivity index (χ4n) is 2.24. The third kappa shape index (κ3) is 3.92. The fraction of sp³-hybridized carbons (Fsp3) is 0.333. The summed E-state index contributed by atoms with van der Waals surface area (Å²) in [4.78, 5) is 19.0. The van der Waals surface area contributed by atoms with Gasteiger partial charge in [0.05, 0.1) is 24.5 Å². The van der Waals surface area contributed by atoms with Gasteiger partial charge in [-0.15, -0.1) is 11.3 Å². The molecule has 1 aromatic heterocycles. The molecule has 5 nitrogen and oxygen atoms in total. The molecule has 0 unspecified atom stereocenters. The lowest BCUT2D eigenvalue weighted by molar-refractivity contribution is 0.0337. The summed E-state index contributed by atoms with van der Waals surface area (Å²) >= 11 is 4.84. The van der Waals surface area contributed by atoms with Crippen LogP contribution in [0.2, 0.25) is 0 Å². The maximum Gasteiger partial charge on any atom is 0.258 e. The van der Waals surface area contributed by atoms with Gasteiger partial charge in [0.15, 0.2) is 5.13 Å². The van der Waals surface area contributed by atoms with E-state index in [-0.39, 0.29) is 5.91 Å². The van der Waals surface area contributed by atoms with E-state index in [1.54, 1.807) is 6.07 Å². The first-order valence-electron chi connectivity index (χ1n) is 7.03. The molecule has 0 atom stereocenters. The quantitative estimate of drug-likeness (QED) is 0.884. The van der Waals surface area contributed by atoms with E-state index in [1.807, 2.05) is 23.6 Å². The van der Waals surface area contributed by atoms with Crippen LogP contribution in [-0.2, 0) is 11.3 Å². The second-order valence-electron chi connectivity index (χ2n) is 4.97. The summed E-state index contributed by atoms with van der Waals surface area (Å²) in [5.41, 5.74) is 1.58. The number of hydrogen-bond donors (Lipinski definition) is 1. The molecule has 1 aromatic carbocycles. The van der Waals surface area contributed by atoms with Gasteiger partial charge in [0.2, 0.25) is 0 Å². The topological polar surface area (TPSA) is 54.5 Å². The van der Waals surface area contributed by atoms with Crippen LogP contribution in [0.3, 0.4) is 0 Å². The van der Waals surface area contributed by atoms with E-state index in [1.165, 1.54) is 11.3 Å². The van der Waals surface area contributed by atoms with Gasteiger partial charge in [-0.3, -0.25) is 15.0 Å². The molecule has 0 bridgehead atoms. The lowest BCUT2D eigenvalue weighted by atomic mass is 10.2. The van der Waals surface area contributed by atoms with Gasteiger partial charge in [0.1, 0.15) is 0 Å². The molecule has 0 aliphatic carbocycles. The number of carbonyl (C=O) groups is 1. The van der Waals surface area contributed by atoms with Crippen LogP contribution < -0.4 is 5.32 Å². The van der Waals surface area contributed by atoms with Crippen molar-refractivity contribution in [2.45, 2.75) is 6.54 Å². The zero-order valence-corrected chi connectivity index (χ0v) is 14.3. The highest BCUT2D eigenvalue weighted by molar-refractivity contribution is 9.10. The van der Waals surface area contributed by atoms with Crippen molar-refractivity contribution in [3.8, 4) is 0 Å². The number of amides is 1. The molecule has 2 heterocycles. The van der Waals surface area contributed by atoms with Crippen molar-refractivity contribution in [3.05, 3.63) is 45.4 Å². The van der Waals surface area contributed by atoms with Crippen LogP contribution in [0.15, 0.2) is 34.1 Å². The summed E-state index contributed by atoms with van der Waals surface area (Å²) in [5, 5.41) is 5.47. The lowest BCUT2D eigenvalue weighted by Crippen LogP contribution is -2.35. The third-order valence-corrected chi connectivity index (χ3v) is 4.88. The number of thiazole rings is 1. The minimum atomic E-state index is -0.153. The van der Waals surface area contributed by atoms with Crippen LogP contribution in [0, 0.1) is 0 Å². The number of benzene rings is 1. The summed E-state index contributed by atoms with van der Waals surface area (Å²) in [6, 6.07) is 7.35. The van der Waals surface area contributed by atoms with Gasteiger partial charge in [0, 0.05) is 29.5 Å². The summed E-state index contributed by atoms with van der Waals surface area (Å²) in [5.74, 6) is -0.153. The molecule has 22 heavy (non-hydrogen) atoms. The van der Waals surface area contributed by atoms with E-state index in [0.717, 1.165) is 43.0 Å². The number of aromatic nitrogens is 1. The Balaban J connectivity index is 1.61. The van der Waals surface area contributed by atoms with Crippen LogP contribution in [-0.4, -0.2) is 42.1 Å². The maximum absolute atomic E-state index is 12.2. The zero-order valence-electron chi connectivity index (χ0n) is 11.9. The molecule has 0 spiro atoms. The van der Waals surface area contributed by atoms with E-state index in [0.29, 0.717) is 10.7 Å². The summed E-state index contributed by atoms with van der Waals surface area (Å²) in [6.45, 7) is 4.20. The highest BCUT2D eigenvalue weighted by atomic mass is 79.9. The van der Waals surface area contributed by atoms with Crippen LogP contribution in [0.25, 0.3) is 0 Å². The molecule has 3 rings (SSSR count). The molecule has 1 N–H and O–H groups in total. The SMILES string of the molecule is O=C(Nc1nc(CN2CCOCC2)cs1)c1ccccc1Br. The monoisotopic (exact) mass is 381 g/mol. The first kappa shape index (κ1) is 15.6. The molecule has 1 amide bonds. The Hall–Kier alpha value is -1.28. The average Bonchev–Trinajstić information content (AvgIpc) is 2.95. The molecular formula is C15H16BrN3O2S. The predicted octanol–water partition coefficient (Wildman–Crippen LogP) is 2.99. The number of nitrogens with one attached hydrogen (secondary N) is 1. The second kappa shape index (κ2) is 7.32. The maximum atomic E-state index is 12.2. The minimum Gasteiger partial charge on any atom is -0.379 e. The number of hydrogen-bond acceptors (Lipinski definition) is 5. The van der Waals surface area contributed by atoms with E-state index in [4.69, 9.17) is 4.74 Å². The van der Waals surface area contributed by atoms with Crippen molar-refractivity contribution < 1.29 is 9.53 Å². The number of halogens is 1. The standard InChI is InChI=1S/C15H16BrN3O2S/c16-13-4-2-1-3-12(13)14(20)18-15-17-11(10-22-15)9-19-5-7-21-8-6-19/h1-4,10H,5-9H2,(H,17,18,20). The van der Waals surface area contributed by atoms with Crippen LogP contribution in [0.4, 0.5) is 5.13 Å². The Kier molecular flexibility index (Phi) is 5.20. The fourth-order valence-corrected chi connectivity index (χ4v) is 3.40. The summed E-state index contributed by atoms with van der Waals surface area (Å²) in [6.07, 6.45) is 0. The molecule has 7 heteroatoms. The zero-order chi connectivity index (χ0) is 15.4. The Labute approximate surface area is 141 Å². The van der Waals surface area contributed by atoms with E-state index in [9.17, 15) is 4.79 Å². The van der Waals surface area contributed by atoms with Crippen molar-refractivity contribution in [1.29, 1.82) is 0 Å². The van der Waals surface area contributed by atoms with Crippen molar-refractivity contribution in [3.63, 3.8) is 0 Å². The molecule has 116 valence electrons. The Morgan fingerprint density at radius 2 is 2.14 bits per heavy atom. The molecular weight excluding hydrogens is 366 g/mol. The number of anilines is 1. The molecule has 0 radical (unpaired) electrons. The molecule has 1 saturated heterocycles. The van der Waals surface area contributed by atoms with Gasteiger partial charge in [-0.25, -0.2) is 4.98 Å². The number of rotatable bonds is 4. The van der Waals surface area contributed by atoms with Crippen LogP contribution in [0.5, 0.6) is 0 Å². The first-order chi connectivity index (χ1) is 10.7. The highest BCUT2D eigenvalue weighted by Crippen LogP contribution is 2.21.